The first-order chi connectivity index (χ1) is 8.70. The van der Waals surface area contributed by atoms with Gasteiger partial charge in [0.2, 0.25) is 0 Å². The van der Waals surface area contributed by atoms with Crippen LogP contribution in [0.25, 0.3) is 0 Å². The van der Waals surface area contributed by atoms with Crippen LogP contribution in [0.5, 0.6) is 0 Å². The molecular formula is C14H19ClFNO. The minimum atomic E-state index is -0.239. The van der Waals surface area contributed by atoms with Crippen LogP contribution in [0.2, 0.25) is 0 Å². The lowest BCUT2D eigenvalue weighted by molar-refractivity contribution is 0.0216. The van der Waals surface area contributed by atoms with E-state index in [0.717, 1.165) is 37.2 Å². The van der Waals surface area contributed by atoms with Gasteiger partial charge in [-0.05, 0) is 43.0 Å². The molecule has 2 nitrogen and oxygen atoms in total. The molecule has 1 aliphatic heterocycles. The molecule has 0 N–H and O–H groups in total. The van der Waals surface area contributed by atoms with Gasteiger partial charge in [0.05, 0.1) is 6.10 Å². The van der Waals surface area contributed by atoms with Crippen molar-refractivity contribution >= 4 is 17.3 Å². The number of anilines is 1. The van der Waals surface area contributed by atoms with E-state index < -0.39 is 0 Å². The van der Waals surface area contributed by atoms with Crippen molar-refractivity contribution in [2.45, 2.75) is 31.2 Å². The van der Waals surface area contributed by atoms with Crippen molar-refractivity contribution < 1.29 is 9.13 Å². The molecule has 1 unspecified atom stereocenters. The Morgan fingerprint density at radius 3 is 2.94 bits per heavy atom. The summed E-state index contributed by atoms with van der Waals surface area (Å²) in [7, 11) is 2.00. The fourth-order valence-electron chi connectivity index (χ4n) is 2.39. The Morgan fingerprint density at radius 2 is 2.28 bits per heavy atom. The third-order valence-electron chi connectivity index (χ3n) is 3.35. The van der Waals surface area contributed by atoms with Gasteiger partial charge in [0, 0.05) is 31.8 Å². The maximum absolute atomic E-state index is 13.2. The summed E-state index contributed by atoms with van der Waals surface area (Å²) in [5, 5.41) is 0. The summed E-state index contributed by atoms with van der Waals surface area (Å²) < 4.78 is 18.9. The van der Waals surface area contributed by atoms with E-state index in [9.17, 15) is 4.39 Å². The molecule has 1 atom stereocenters. The predicted molar refractivity (Wildman–Crippen MR) is 72.8 cm³/mol. The highest BCUT2D eigenvalue weighted by molar-refractivity contribution is 6.17. The lowest BCUT2D eigenvalue weighted by Crippen LogP contribution is -2.33. The van der Waals surface area contributed by atoms with Crippen LogP contribution in [0.1, 0.15) is 24.8 Å². The highest BCUT2D eigenvalue weighted by atomic mass is 35.5. The van der Waals surface area contributed by atoms with Gasteiger partial charge in [0.25, 0.3) is 0 Å². The number of hydrogen-bond donors (Lipinski definition) is 0. The van der Waals surface area contributed by atoms with Crippen LogP contribution in [0.15, 0.2) is 18.2 Å². The van der Waals surface area contributed by atoms with E-state index in [4.69, 9.17) is 16.3 Å². The first-order valence-electron chi connectivity index (χ1n) is 6.38. The summed E-state index contributed by atoms with van der Waals surface area (Å²) >= 11 is 5.87. The zero-order valence-electron chi connectivity index (χ0n) is 10.7. The van der Waals surface area contributed by atoms with E-state index in [1.165, 1.54) is 18.6 Å². The van der Waals surface area contributed by atoms with Crippen molar-refractivity contribution in [3.8, 4) is 0 Å². The Balaban J connectivity index is 2.05. The van der Waals surface area contributed by atoms with Gasteiger partial charge in [-0.3, -0.25) is 0 Å². The molecule has 0 aliphatic carbocycles. The molecular weight excluding hydrogens is 253 g/mol. The fraction of sp³-hybridized carbons (Fsp3) is 0.571. The highest BCUT2D eigenvalue weighted by Crippen LogP contribution is 2.24. The Morgan fingerprint density at radius 1 is 1.44 bits per heavy atom. The standard InChI is InChI=1S/C14H19ClFNO/c1-17(10-13-4-2-3-7-18-13)14-6-5-12(16)8-11(14)9-15/h5-6,8,13H,2-4,7,9-10H2,1H3. The zero-order chi connectivity index (χ0) is 13.0. The van der Waals surface area contributed by atoms with Crippen LogP contribution >= 0.6 is 11.6 Å². The highest BCUT2D eigenvalue weighted by Gasteiger charge is 2.17. The van der Waals surface area contributed by atoms with Crippen molar-refractivity contribution in [3.63, 3.8) is 0 Å². The van der Waals surface area contributed by atoms with Gasteiger partial charge < -0.3 is 9.64 Å². The van der Waals surface area contributed by atoms with Gasteiger partial charge >= 0.3 is 0 Å². The van der Waals surface area contributed by atoms with Crippen molar-refractivity contribution in [2.24, 2.45) is 0 Å². The molecule has 0 radical (unpaired) electrons. The largest absolute Gasteiger partial charge is 0.376 e. The molecule has 1 saturated heterocycles. The summed E-state index contributed by atoms with van der Waals surface area (Å²) in [6.45, 7) is 1.68. The van der Waals surface area contributed by atoms with Gasteiger partial charge in [0.15, 0.2) is 0 Å². The van der Waals surface area contributed by atoms with E-state index in [-0.39, 0.29) is 11.9 Å². The lowest BCUT2D eigenvalue weighted by atomic mass is 10.1. The maximum atomic E-state index is 13.2. The number of hydrogen-bond acceptors (Lipinski definition) is 2. The van der Waals surface area contributed by atoms with Crippen LogP contribution in [-0.4, -0.2) is 26.3 Å². The summed E-state index contributed by atoms with van der Waals surface area (Å²) in [6.07, 6.45) is 3.76. The molecule has 0 saturated carbocycles. The predicted octanol–water partition coefficient (Wildman–Crippen LogP) is 3.57. The van der Waals surface area contributed by atoms with Crippen molar-refractivity contribution in [2.75, 3.05) is 25.1 Å². The summed E-state index contributed by atoms with van der Waals surface area (Å²) in [5.41, 5.74) is 1.82. The second-order valence-electron chi connectivity index (χ2n) is 4.78. The van der Waals surface area contributed by atoms with Crippen LogP contribution in [0.3, 0.4) is 0 Å². The van der Waals surface area contributed by atoms with E-state index in [1.54, 1.807) is 6.07 Å². The van der Waals surface area contributed by atoms with Crippen molar-refractivity contribution in [3.05, 3.63) is 29.6 Å². The Bertz CT molecular complexity index is 393. The smallest absolute Gasteiger partial charge is 0.123 e. The number of nitrogens with zero attached hydrogens (tertiary/aromatic N) is 1. The SMILES string of the molecule is CN(CC1CCCCO1)c1ccc(F)cc1CCl. The van der Waals surface area contributed by atoms with Crippen LogP contribution in [0, 0.1) is 5.82 Å². The molecule has 18 heavy (non-hydrogen) atoms. The number of alkyl halides is 1. The van der Waals surface area contributed by atoms with Crippen LogP contribution in [-0.2, 0) is 10.6 Å². The minimum Gasteiger partial charge on any atom is -0.376 e. The molecule has 1 fully saturated rings. The van der Waals surface area contributed by atoms with E-state index in [2.05, 4.69) is 4.90 Å². The molecule has 1 heterocycles. The van der Waals surface area contributed by atoms with E-state index in [0.29, 0.717) is 5.88 Å². The molecule has 0 bridgehead atoms. The summed E-state index contributed by atoms with van der Waals surface area (Å²) in [4.78, 5) is 2.10. The monoisotopic (exact) mass is 271 g/mol. The Labute approximate surface area is 113 Å². The number of rotatable bonds is 4. The summed E-state index contributed by atoms with van der Waals surface area (Å²) in [5.74, 6) is 0.0832. The number of halogens is 2. The van der Waals surface area contributed by atoms with Gasteiger partial charge in [-0.25, -0.2) is 4.39 Å². The molecule has 2 rings (SSSR count). The molecule has 100 valence electrons. The molecule has 4 heteroatoms. The average Bonchev–Trinajstić information content (AvgIpc) is 2.39. The molecule has 1 aromatic carbocycles. The van der Waals surface area contributed by atoms with Crippen LogP contribution < -0.4 is 4.90 Å². The fourth-order valence-corrected chi connectivity index (χ4v) is 2.60. The van der Waals surface area contributed by atoms with Gasteiger partial charge in [-0.2, -0.15) is 0 Å². The first kappa shape index (κ1) is 13.6. The second kappa shape index (κ2) is 6.39. The third-order valence-corrected chi connectivity index (χ3v) is 3.64. The average molecular weight is 272 g/mol. The Kier molecular flexibility index (Phi) is 4.84. The molecule has 1 aromatic rings. The third kappa shape index (κ3) is 3.36. The minimum absolute atomic E-state index is 0.239. The maximum Gasteiger partial charge on any atom is 0.123 e. The van der Waals surface area contributed by atoms with Gasteiger partial charge in [0.1, 0.15) is 5.82 Å². The number of ether oxygens (including phenoxy) is 1. The van der Waals surface area contributed by atoms with Crippen molar-refractivity contribution in [1.29, 1.82) is 0 Å². The van der Waals surface area contributed by atoms with E-state index in [1.807, 2.05) is 7.05 Å². The van der Waals surface area contributed by atoms with Gasteiger partial charge in [-0.15, -0.1) is 11.6 Å². The Hall–Kier alpha value is -0.800. The van der Waals surface area contributed by atoms with Gasteiger partial charge in [-0.1, -0.05) is 0 Å². The topological polar surface area (TPSA) is 12.5 Å². The van der Waals surface area contributed by atoms with Crippen LogP contribution in [0.4, 0.5) is 10.1 Å². The molecule has 1 aliphatic rings. The second-order valence-corrected chi connectivity index (χ2v) is 5.04. The number of benzene rings is 1. The lowest BCUT2D eigenvalue weighted by Gasteiger charge is -2.29. The number of likely N-dealkylation sites (N-methyl/N-ethyl adjacent to an activating group) is 1. The first-order valence-corrected chi connectivity index (χ1v) is 6.91. The van der Waals surface area contributed by atoms with Crippen molar-refractivity contribution in [1.82, 2.24) is 0 Å². The quantitative estimate of drug-likeness (QED) is 0.777. The molecule has 0 aromatic heterocycles. The zero-order valence-corrected chi connectivity index (χ0v) is 11.4. The molecule has 0 spiro atoms. The van der Waals surface area contributed by atoms with E-state index >= 15 is 0 Å². The normalized spacial score (nSPS) is 19.8. The summed E-state index contributed by atoms with van der Waals surface area (Å²) in [6, 6.07) is 4.76. The molecule has 0 amide bonds.